The maximum atomic E-state index is 13.0. The fourth-order valence-corrected chi connectivity index (χ4v) is 5.79. The van der Waals surface area contributed by atoms with Gasteiger partial charge in [-0.15, -0.1) is 23.1 Å². The summed E-state index contributed by atoms with van der Waals surface area (Å²) in [6.07, 6.45) is 0. The van der Waals surface area contributed by atoms with Crippen molar-refractivity contribution in [3.8, 4) is 10.6 Å². The van der Waals surface area contributed by atoms with Gasteiger partial charge in [0, 0.05) is 40.0 Å². The smallest absolute Gasteiger partial charge is 0.340 e. The predicted molar refractivity (Wildman–Crippen MR) is 121 cm³/mol. The Bertz CT molecular complexity index is 1000. The van der Waals surface area contributed by atoms with E-state index in [-0.39, 0.29) is 12.4 Å². The van der Waals surface area contributed by atoms with Gasteiger partial charge in [-0.2, -0.15) is 11.3 Å². The van der Waals surface area contributed by atoms with Crippen LogP contribution in [0.2, 0.25) is 0 Å². The molecule has 0 aliphatic heterocycles. The summed E-state index contributed by atoms with van der Waals surface area (Å²) in [6, 6.07) is 2.06. The number of carbonyl (C=O) groups is 2. The highest BCUT2D eigenvalue weighted by atomic mass is 32.2. The van der Waals surface area contributed by atoms with E-state index < -0.39 is 5.97 Å². The van der Waals surface area contributed by atoms with E-state index in [0.717, 1.165) is 27.7 Å². The first-order valence-electron chi connectivity index (χ1n) is 9.42. The number of rotatable bonds is 9. The second-order valence-electron chi connectivity index (χ2n) is 6.46. The maximum Gasteiger partial charge on any atom is 0.340 e. The van der Waals surface area contributed by atoms with Crippen LogP contribution < -0.4 is 0 Å². The Labute approximate surface area is 183 Å². The normalized spacial score (nSPS) is 11.0. The Kier molecular flexibility index (Phi) is 7.32. The molecule has 3 heterocycles. The molecule has 8 heteroatoms. The van der Waals surface area contributed by atoms with E-state index in [1.807, 2.05) is 36.1 Å². The van der Waals surface area contributed by atoms with Gasteiger partial charge in [0.05, 0.1) is 29.2 Å². The number of Topliss-reactive ketones (excluding diaryl/α,β-unsaturated/α-hetero) is 1. The second kappa shape index (κ2) is 9.73. The minimum atomic E-state index is -0.423. The van der Waals surface area contributed by atoms with Gasteiger partial charge in [0.25, 0.3) is 0 Å². The van der Waals surface area contributed by atoms with Crippen molar-refractivity contribution in [3.63, 3.8) is 0 Å². The van der Waals surface area contributed by atoms with Crippen LogP contribution in [0.5, 0.6) is 0 Å². The summed E-state index contributed by atoms with van der Waals surface area (Å²) in [5, 5.41) is 7.17. The zero-order valence-corrected chi connectivity index (χ0v) is 19.4. The van der Waals surface area contributed by atoms with Crippen molar-refractivity contribution in [2.75, 3.05) is 12.4 Å². The predicted octanol–water partition coefficient (Wildman–Crippen LogP) is 5.60. The molecule has 3 aromatic rings. The number of carbonyl (C=O) groups excluding carboxylic acids is 2. The van der Waals surface area contributed by atoms with Crippen LogP contribution in [0, 0.1) is 13.8 Å². The summed E-state index contributed by atoms with van der Waals surface area (Å²) in [7, 11) is 0. The van der Waals surface area contributed by atoms with Gasteiger partial charge in [-0.05, 0) is 39.1 Å². The summed E-state index contributed by atoms with van der Waals surface area (Å²) in [5.41, 5.74) is 4.62. The number of thiophene rings is 1. The topological polar surface area (TPSA) is 61.2 Å². The molecular weight excluding hydrogens is 424 g/mol. The van der Waals surface area contributed by atoms with Gasteiger partial charge in [0.1, 0.15) is 5.01 Å². The molecule has 29 heavy (non-hydrogen) atoms. The highest BCUT2D eigenvalue weighted by Gasteiger charge is 2.27. The summed E-state index contributed by atoms with van der Waals surface area (Å²) < 4.78 is 7.20. The molecule has 0 unspecified atom stereocenters. The highest BCUT2D eigenvalue weighted by molar-refractivity contribution is 7.99. The SMILES string of the molecule is CCOC(=O)c1c(C(=O)CSCc2csc(-c3ccsc3)n2)c(C)n(CC)c1C. The Morgan fingerprint density at radius 2 is 1.93 bits per heavy atom. The standard InChI is InChI=1S/C21H24N2O3S3/c1-5-23-13(3)18(19(14(23)4)21(25)26-6-2)17(24)12-28-10-16-11-29-20(22-16)15-7-8-27-9-15/h7-9,11H,5-6,10,12H2,1-4H3. The zero-order valence-electron chi connectivity index (χ0n) is 17.0. The Morgan fingerprint density at radius 3 is 2.59 bits per heavy atom. The van der Waals surface area contributed by atoms with Gasteiger partial charge in [-0.25, -0.2) is 9.78 Å². The molecule has 0 saturated carbocycles. The number of hydrogen-bond donors (Lipinski definition) is 0. The van der Waals surface area contributed by atoms with Gasteiger partial charge in [0.15, 0.2) is 5.78 Å². The molecule has 0 fully saturated rings. The minimum Gasteiger partial charge on any atom is -0.462 e. The van der Waals surface area contributed by atoms with Crippen LogP contribution in [0.4, 0.5) is 0 Å². The van der Waals surface area contributed by atoms with Gasteiger partial charge in [-0.1, -0.05) is 0 Å². The number of ether oxygens (including phenoxy) is 1. The van der Waals surface area contributed by atoms with Crippen LogP contribution in [0.3, 0.4) is 0 Å². The van der Waals surface area contributed by atoms with E-state index in [2.05, 4.69) is 16.4 Å². The van der Waals surface area contributed by atoms with Gasteiger partial charge >= 0.3 is 5.97 Å². The highest BCUT2D eigenvalue weighted by Crippen LogP contribution is 2.28. The number of esters is 1. The lowest BCUT2D eigenvalue weighted by Crippen LogP contribution is -2.13. The van der Waals surface area contributed by atoms with Gasteiger partial charge in [-0.3, -0.25) is 4.79 Å². The molecule has 3 aromatic heterocycles. The summed E-state index contributed by atoms with van der Waals surface area (Å²) in [6.45, 7) is 8.53. The number of ketones is 1. The molecule has 0 atom stereocenters. The monoisotopic (exact) mass is 448 g/mol. The first-order chi connectivity index (χ1) is 14.0. The largest absolute Gasteiger partial charge is 0.462 e. The van der Waals surface area contributed by atoms with Crippen LogP contribution >= 0.6 is 34.4 Å². The van der Waals surface area contributed by atoms with Crippen molar-refractivity contribution in [2.24, 2.45) is 0 Å². The Morgan fingerprint density at radius 1 is 1.17 bits per heavy atom. The molecule has 154 valence electrons. The van der Waals surface area contributed by atoms with Crippen LogP contribution in [-0.4, -0.2) is 33.7 Å². The van der Waals surface area contributed by atoms with Gasteiger partial charge in [0.2, 0.25) is 0 Å². The molecule has 0 bridgehead atoms. The maximum absolute atomic E-state index is 13.0. The molecule has 0 aliphatic carbocycles. The van der Waals surface area contributed by atoms with Crippen molar-refractivity contribution in [1.82, 2.24) is 9.55 Å². The molecule has 0 N–H and O–H groups in total. The summed E-state index contributed by atoms with van der Waals surface area (Å²) >= 11 is 4.79. The Balaban J connectivity index is 1.71. The zero-order chi connectivity index (χ0) is 21.0. The van der Waals surface area contributed by atoms with Crippen LogP contribution in [0.15, 0.2) is 22.2 Å². The van der Waals surface area contributed by atoms with Crippen molar-refractivity contribution >= 4 is 46.2 Å². The molecule has 0 saturated heterocycles. The van der Waals surface area contributed by atoms with Crippen molar-refractivity contribution in [1.29, 1.82) is 0 Å². The van der Waals surface area contributed by atoms with Crippen molar-refractivity contribution in [3.05, 3.63) is 50.4 Å². The molecule has 5 nitrogen and oxygen atoms in total. The van der Waals surface area contributed by atoms with E-state index in [9.17, 15) is 9.59 Å². The van der Waals surface area contributed by atoms with Gasteiger partial charge < -0.3 is 9.30 Å². The molecule has 0 amide bonds. The fourth-order valence-electron chi connectivity index (χ4n) is 3.36. The fraction of sp³-hybridized carbons (Fsp3) is 0.381. The summed E-state index contributed by atoms with van der Waals surface area (Å²) in [4.78, 5) is 30.1. The molecule has 3 rings (SSSR count). The molecule has 0 radical (unpaired) electrons. The second-order valence-corrected chi connectivity index (χ2v) is 9.08. The Hall–Kier alpha value is -1.90. The van der Waals surface area contributed by atoms with E-state index in [0.29, 0.717) is 29.2 Å². The minimum absolute atomic E-state index is 0.0425. The molecule has 0 spiro atoms. The molecule has 0 aromatic carbocycles. The summed E-state index contributed by atoms with van der Waals surface area (Å²) in [5.74, 6) is 0.493. The number of hydrogen-bond acceptors (Lipinski definition) is 7. The van der Waals surface area contributed by atoms with Crippen LogP contribution in [-0.2, 0) is 17.0 Å². The number of thioether (sulfide) groups is 1. The van der Waals surface area contributed by atoms with Crippen molar-refractivity contribution in [2.45, 2.75) is 40.0 Å². The lowest BCUT2D eigenvalue weighted by molar-refractivity contribution is 0.0522. The van der Waals surface area contributed by atoms with Crippen molar-refractivity contribution < 1.29 is 14.3 Å². The lowest BCUT2D eigenvalue weighted by atomic mass is 10.1. The first-order valence-corrected chi connectivity index (χ1v) is 12.4. The lowest BCUT2D eigenvalue weighted by Gasteiger charge is -2.05. The third-order valence-corrected chi connectivity index (χ3v) is 7.25. The van der Waals surface area contributed by atoms with E-state index in [1.54, 1.807) is 29.6 Å². The van der Waals surface area contributed by atoms with E-state index in [4.69, 9.17) is 4.74 Å². The molecular formula is C21H24N2O3S3. The van der Waals surface area contributed by atoms with E-state index >= 15 is 0 Å². The average molecular weight is 449 g/mol. The molecule has 0 aliphatic rings. The third kappa shape index (κ3) is 4.65. The number of thiazole rings is 1. The number of aromatic nitrogens is 2. The van der Waals surface area contributed by atoms with E-state index in [1.165, 1.54) is 11.8 Å². The number of nitrogens with zero attached hydrogens (tertiary/aromatic N) is 2. The quantitative estimate of drug-likeness (QED) is 0.315. The average Bonchev–Trinajstić information content (AvgIpc) is 3.41. The first kappa shape index (κ1) is 21.8. The van der Waals surface area contributed by atoms with Crippen LogP contribution in [0.1, 0.15) is 51.6 Å². The third-order valence-electron chi connectivity index (χ3n) is 4.66. The van der Waals surface area contributed by atoms with Crippen LogP contribution in [0.25, 0.3) is 10.6 Å².